The molecule has 2 aliphatic carbocycles. The molecule has 2 rings (SSSR count). The lowest BCUT2D eigenvalue weighted by atomic mass is 9.83. The Balaban J connectivity index is 1.68. The highest BCUT2D eigenvalue weighted by Crippen LogP contribution is 2.31. The Bertz CT molecular complexity index is 310. The first-order valence-corrected chi connectivity index (χ1v) is 8.14. The van der Waals surface area contributed by atoms with Gasteiger partial charge in [-0.3, -0.25) is 0 Å². The summed E-state index contributed by atoms with van der Waals surface area (Å²) in [6, 6.07) is 0. The molecule has 0 radical (unpaired) electrons. The third-order valence-electron chi connectivity index (χ3n) is 4.98. The second-order valence-electron chi connectivity index (χ2n) is 6.76. The minimum Gasteiger partial charge on any atom is -0.371 e. The zero-order valence-electron chi connectivity index (χ0n) is 12.7. The number of hydrogen-bond donors (Lipinski definition) is 0. The highest BCUT2D eigenvalue weighted by Gasteiger charge is 2.38. The molecular formula is C17H28F2O. The van der Waals surface area contributed by atoms with Gasteiger partial charge in [0, 0.05) is 0 Å². The quantitative estimate of drug-likeness (QED) is 0.671. The molecule has 0 bridgehead atoms. The highest BCUT2D eigenvalue weighted by atomic mass is 19.2. The van der Waals surface area contributed by atoms with Crippen LogP contribution in [0.15, 0.2) is 12.2 Å². The Morgan fingerprint density at radius 3 is 2.35 bits per heavy atom. The normalized spacial score (nSPS) is 43.0. The van der Waals surface area contributed by atoms with E-state index in [2.05, 4.69) is 13.0 Å². The van der Waals surface area contributed by atoms with Crippen LogP contribution < -0.4 is 0 Å². The Hall–Kier alpha value is -0.440. The van der Waals surface area contributed by atoms with E-state index in [0.717, 1.165) is 12.3 Å². The number of rotatable bonds is 4. The topological polar surface area (TPSA) is 9.23 Å². The molecule has 20 heavy (non-hydrogen) atoms. The SMILES string of the molecule is CC1CCC(/C=C/COC2CCC(C)C(F)C2F)CC1. The fourth-order valence-corrected chi connectivity index (χ4v) is 3.35. The summed E-state index contributed by atoms with van der Waals surface area (Å²) in [6.07, 6.45) is 7.27. The summed E-state index contributed by atoms with van der Waals surface area (Å²) in [4.78, 5) is 0. The third-order valence-corrected chi connectivity index (χ3v) is 4.98. The van der Waals surface area contributed by atoms with Gasteiger partial charge in [-0.2, -0.15) is 0 Å². The molecule has 1 nitrogen and oxygen atoms in total. The van der Waals surface area contributed by atoms with Crippen LogP contribution in [0, 0.1) is 17.8 Å². The van der Waals surface area contributed by atoms with Crippen LogP contribution in [0.1, 0.15) is 52.4 Å². The van der Waals surface area contributed by atoms with Crippen LogP contribution in [0.2, 0.25) is 0 Å². The molecule has 0 aliphatic heterocycles. The van der Waals surface area contributed by atoms with Gasteiger partial charge >= 0.3 is 0 Å². The lowest BCUT2D eigenvalue weighted by molar-refractivity contribution is -0.0631. The number of allylic oxidation sites excluding steroid dienone is 1. The summed E-state index contributed by atoms with van der Waals surface area (Å²) in [5, 5.41) is 0. The molecule has 3 heteroatoms. The summed E-state index contributed by atoms with van der Waals surface area (Å²) < 4.78 is 32.9. The minimum absolute atomic E-state index is 0.176. The highest BCUT2D eigenvalue weighted by molar-refractivity contribution is 4.92. The lowest BCUT2D eigenvalue weighted by Crippen LogP contribution is -2.41. The Morgan fingerprint density at radius 2 is 1.65 bits per heavy atom. The molecular weight excluding hydrogens is 258 g/mol. The summed E-state index contributed by atoms with van der Waals surface area (Å²) in [5.74, 6) is 1.33. The van der Waals surface area contributed by atoms with E-state index in [1.54, 1.807) is 6.92 Å². The van der Waals surface area contributed by atoms with Crippen LogP contribution in [-0.4, -0.2) is 25.1 Å². The van der Waals surface area contributed by atoms with Crippen molar-refractivity contribution in [1.82, 2.24) is 0 Å². The van der Waals surface area contributed by atoms with Gasteiger partial charge in [-0.1, -0.05) is 38.8 Å². The van der Waals surface area contributed by atoms with E-state index in [1.807, 2.05) is 6.08 Å². The van der Waals surface area contributed by atoms with Gasteiger partial charge in [0.15, 0.2) is 6.17 Å². The van der Waals surface area contributed by atoms with E-state index in [0.29, 0.717) is 18.9 Å². The Kier molecular flexibility index (Phi) is 6.01. The molecule has 0 N–H and O–H groups in total. The predicted molar refractivity (Wildman–Crippen MR) is 78.2 cm³/mol. The molecule has 0 saturated heterocycles. The third kappa shape index (κ3) is 4.28. The second-order valence-corrected chi connectivity index (χ2v) is 6.76. The first-order chi connectivity index (χ1) is 9.58. The van der Waals surface area contributed by atoms with E-state index in [4.69, 9.17) is 4.74 Å². The van der Waals surface area contributed by atoms with E-state index >= 15 is 0 Å². The number of halogens is 2. The molecule has 0 aromatic rings. The van der Waals surface area contributed by atoms with Crippen molar-refractivity contribution in [3.05, 3.63) is 12.2 Å². The molecule has 116 valence electrons. The van der Waals surface area contributed by atoms with Gasteiger partial charge in [0.2, 0.25) is 0 Å². The molecule has 0 spiro atoms. The number of alkyl halides is 2. The van der Waals surface area contributed by atoms with Crippen molar-refractivity contribution in [2.75, 3.05) is 6.61 Å². The summed E-state index contributed by atoms with van der Waals surface area (Å²) in [6.45, 7) is 4.50. The van der Waals surface area contributed by atoms with Gasteiger partial charge in [0.25, 0.3) is 0 Å². The van der Waals surface area contributed by atoms with Crippen molar-refractivity contribution < 1.29 is 13.5 Å². The first kappa shape index (κ1) is 15.9. The van der Waals surface area contributed by atoms with Crippen molar-refractivity contribution in [2.24, 2.45) is 17.8 Å². The maximum absolute atomic E-state index is 13.8. The molecule has 2 saturated carbocycles. The van der Waals surface area contributed by atoms with Gasteiger partial charge in [-0.25, -0.2) is 8.78 Å². The van der Waals surface area contributed by atoms with Gasteiger partial charge in [-0.15, -0.1) is 0 Å². The summed E-state index contributed by atoms with van der Waals surface area (Å²) >= 11 is 0. The minimum atomic E-state index is -1.46. The lowest BCUT2D eigenvalue weighted by Gasteiger charge is -2.32. The summed E-state index contributed by atoms with van der Waals surface area (Å²) in [7, 11) is 0. The van der Waals surface area contributed by atoms with Crippen LogP contribution in [0.25, 0.3) is 0 Å². The molecule has 0 aromatic heterocycles. The largest absolute Gasteiger partial charge is 0.371 e. The molecule has 0 heterocycles. The second kappa shape index (κ2) is 7.53. The predicted octanol–water partition coefficient (Wildman–Crippen LogP) is 4.86. The van der Waals surface area contributed by atoms with Crippen LogP contribution in [0.3, 0.4) is 0 Å². The first-order valence-electron chi connectivity index (χ1n) is 8.14. The molecule has 0 aromatic carbocycles. The number of ether oxygens (including phenoxy) is 1. The molecule has 0 amide bonds. The van der Waals surface area contributed by atoms with Crippen molar-refractivity contribution in [3.63, 3.8) is 0 Å². The van der Waals surface area contributed by atoms with E-state index < -0.39 is 18.4 Å². The van der Waals surface area contributed by atoms with Crippen LogP contribution in [-0.2, 0) is 4.74 Å². The van der Waals surface area contributed by atoms with Crippen molar-refractivity contribution in [3.8, 4) is 0 Å². The monoisotopic (exact) mass is 286 g/mol. The van der Waals surface area contributed by atoms with Gasteiger partial charge < -0.3 is 4.74 Å². The molecule has 2 fully saturated rings. The van der Waals surface area contributed by atoms with Crippen molar-refractivity contribution in [2.45, 2.75) is 70.8 Å². The van der Waals surface area contributed by atoms with Crippen LogP contribution >= 0.6 is 0 Å². The molecule has 4 unspecified atom stereocenters. The van der Waals surface area contributed by atoms with Gasteiger partial charge in [0.1, 0.15) is 6.17 Å². The zero-order chi connectivity index (χ0) is 14.5. The van der Waals surface area contributed by atoms with Gasteiger partial charge in [0.05, 0.1) is 12.7 Å². The Morgan fingerprint density at radius 1 is 0.950 bits per heavy atom. The fourth-order valence-electron chi connectivity index (χ4n) is 3.35. The maximum Gasteiger partial charge on any atom is 0.157 e. The van der Waals surface area contributed by atoms with E-state index in [-0.39, 0.29) is 5.92 Å². The zero-order valence-corrected chi connectivity index (χ0v) is 12.7. The van der Waals surface area contributed by atoms with E-state index in [1.165, 1.54) is 25.7 Å². The standard InChI is InChI=1S/C17H28F2O/c1-12-5-8-14(9-6-12)4-3-11-20-15-10-7-13(2)16(18)17(15)19/h3-4,12-17H,5-11H2,1-2H3/b4-3+. The molecule has 4 atom stereocenters. The van der Waals surface area contributed by atoms with Crippen LogP contribution in [0.4, 0.5) is 8.78 Å². The average molecular weight is 286 g/mol. The molecule has 2 aliphatic rings. The van der Waals surface area contributed by atoms with Gasteiger partial charge in [-0.05, 0) is 43.4 Å². The van der Waals surface area contributed by atoms with Crippen molar-refractivity contribution in [1.29, 1.82) is 0 Å². The maximum atomic E-state index is 13.8. The van der Waals surface area contributed by atoms with Crippen molar-refractivity contribution >= 4 is 0 Å². The number of hydrogen-bond acceptors (Lipinski definition) is 1. The Labute approximate surface area is 121 Å². The smallest absolute Gasteiger partial charge is 0.157 e. The average Bonchev–Trinajstić information content (AvgIpc) is 2.45. The summed E-state index contributed by atoms with van der Waals surface area (Å²) in [5.41, 5.74) is 0. The van der Waals surface area contributed by atoms with Crippen LogP contribution in [0.5, 0.6) is 0 Å². The fraction of sp³-hybridized carbons (Fsp3) is 0.882. The van der Waals surface area contributed by atoms with E-state index in [9.17, 15) is 8.78 Å².